The number of carbonyl (C=O) groups excluding carboxylic acids is 1. The molecular formula is C20H40O3Si. The van der Waals surface area contributed by atoms with E-state index in [0.717, 1.165) is 5.57 Å². The van der Waals surface area contributed by atoms with Crippen molar-refractivity contribution in [1.82, 2.24) is 0 Å². The summed E-state index contributed by atoms with van der Waals surface area (Å²) >= 11 is 0. The number of carbonyl (C=O) groups is 1. The molecule has 0 aliphatic rings. The maximum atomic E-state index is 12.6. The van der Waals surface area contributed by atoms with Crippen LogP contribution in [-0.2, 0) is 9.22 Å². The van der Waals surface area contributed by atoms with Gasteiger partial charge in [0.15, 0.2) is 0 Å². The Bertz CT molecular complexity index is 405. The van der Waals surface area contributed by atoms with Crippen molar-refractivity contribution in [3.05, 3.63) is 11.6 Å². The third kappa shape index (κ3) is 5.53. The van der Waals surface area contributed by atoms with Gasteiger partial charge in [0.05, 0.1) is 6.10 Å². The van der Waals surface area contributed by atoms with Gasteiger partial charge >= 0.3 is 0 Å². The van der Waals surface area contributed by atoms with Gasteiger partial charge in [-0.05, 0) is 43.0 Å². The molecule has 0 rings (SSSR count). The summed E-state index contributed by atoms with van der Waals surface area (Å²) in [5, 5.41) is 10.2. The van der Waals surface area contributed by atoms with Crippen LogP contribution in [0.25, 0.3) is 0 Å². The quantitative estimate of drug-likeness (QED) is 0.416. The zero-order valence-corrected chi connectivity index (χ0v) is 18.5. The molecule has 0 aliphatic heterocycles. The minimum absolute atomic E-state index is 0.0790. The third-order valence-electron chi connectivity index (χ3n) is 5.50. The lowest BCUT2D eigenvalue weighted by Gasteiger charge is -2.44. The number of aliphatic hydroxyl groups is 1. The molecule has 0 unspecified atom stereocenters. The van der Waals surface area contributed by atoms with Crippen LogP contribution in [-0.4, -0.2) is 31.4 Å². The molecule has 3 nitrogen and oxygen atoms in total. The molecule has 0 fully saturated rings. The van der Waals surface area contributed by atoms with Crippen molar-refractivity contribution < 1.29 is 14.3 Å². The number of rotatable bonds is 10. The number of hydrogen-bond donors (Lipinski definition) is 1. The van der Waals surface area contributed by atoms with Gasteiger partial charge in [-0.1, -0.05) is 54.5 Å². The Morgan fingerprint density at radius 2 is 1.42 bits per heavy atom. The minimum Gasteiger partial charge on any atom is -0.413 e. The highest BCUT2D eigenvalue weighted by Gasteiger charge is 2.46. The van der Waals surface area contributed by atoms with Crippen LogP contribution in [0.4, 0.5) is 0 Å². The first kappa shape index (κ1) is 23.5. The minimum atomic E-state index is -1.97. The Kier molecular flexibility index (Phi) is 9.70. The van der Waals surface area contributed by atoms with Crippen LogP contribution in [0, 0.1) is 5.92 Å². The molecule has 0 saturated carbocycles. The number of ketones is 1. The van der Waals surface area contributed by atoms with Gasteiger partial charge in [-0.25, -0.2) is 0 Å². The van der Waals surface area contributed by atoms with E-state index in [0.29, 0.717) is 23.0 Å². The van der Waals surface area contributed by atoms with E-state index in [1.54, 1.807) is 0 Å². The normalized spacial score (nSPS) is 17.5. The second-order valence-corrected chi connectivity index (χ2v) is 13.6. The Labute approximate surface area is 151 Å². The van der Waals surface area contributed by atoms with Crippen molar-refractivity contribution in [2.45, 2.75) is 104 Å². The molecule has 0 radical (unpaired) electrons. The molecule has 0 aromatic rings. The molecule has 142 valence electrons. The fourth-order valence-corrected chi connectivity index (χ4v) is 9.61. The van der Waals surface area contributed by atoms with Crippen LogP contribution in [0.2, 0.25) is 16.6 Å². The highest BCUT2D eigenvalue weighted by molar-refractivity contribution is 6.77. The molecule has 0 aromatic heterocycles. The molecule has 4 heteroatoms. The second kappa shape index (κ2) is 9.88. The topological polar surface area (TPSA) is 46.5 Å². The monoisotopic (exact) mass is 356 g/mol. The van der Waals surface area contributed by atoms with Crippen LogP contribution in [0.5, 0.6) is 0 Å². The summed E-state index contributed by atoms with van der Waals surface area (Å²) in [6.07, 6.45) is 1.44. The van der Waals surface area contributed by atoms with E-state index in [-0.39, 0.29) is 17.8 Å². The third-order valence-corrected chi connectivity index (χ3v) is 11.7. The van der Waals surface area contributed by atoms with Crippen LogP contribution >= 0.6 is 0 Å². The number of Topliss-reactive ketones (excluding diaryl/α,β-unsaturated/α-hetero) is 1. The molecule has 24 heavy (non-hydrogen) atoms. The van der Waals surface area contributed by atoms with E-state index in [1.807, 2.05) is 33.8 Å². The fraction of sp³-hybridized carbons (Fsp3) is 0.850. The Balaban J connectivity index is 5.10. The van der Waals surface area contributed by atoms with E-state index in [2.05, 4.69) is 41.5 Å². The van der Waals surface area contributed by atoms with E-state index in [9.17, 15) is 9.90 Å². The van der Waals surface area contributed by atoms with Crippen molar-refractivity contribution in [1.29, 1.82) is 0 Å². The SMILES string of the molecule is C/C=C(\C)[C@@H](O)[C@H](C)C(=O)C[C@H](C)O[Si](C(C)C)(C(C)C)C(C)C. The van der Waals surface area contributed by atoms with Crippen LogP contribution in [0.1, 0.15) is 75.7 Å². The summed E-state index contributed by atoms with van der Waals surface area (Å²) in [6.45, 7) is 21.1. The molecule has 3 atom stereocenters. The molecule has 0 amide bonds. The average Bonchev–Trinajstić information content (AvgIpc) is 2.48. The van der Waals surface area contributed by atoms with Crippen molar-refractivity contribution >= 4 is 14.1 Å². The zero-order valence-electron chi connectivity index (χ0n) is 17.5. The van der Waals surface area contributed by atoms with E-state index >= 15 is 0 Å². The van der Waals surface area contributed by atoms with Crippen LogP contribution in [0.15, 0.2) is 11.6 Å². The average molecular weight is 357 g/mol. The van der Waals surface area contributed by atoms with Crippen molar-refractivity contribution in [3.8, 4) is 0 Å². The van der Waals surface area contributed by atoms with Gasteiger partial charge in [0.1, 0.15) is 5.78 Å². The van der Waals surface area contributed by atoms with Crippen LogP contribution in [0.3, 0.4) is 0 Å². The molecule has 0 bridgehead atoms. The fourth-order valence-electron chi connectivity index (χ4n) is 4.01. The molecule has 0 saturated heterocycles. The number of hydrogen-bond acceptors (Lipinski definition) is 3. The highest BCUT2D eigenvalue weighted by atomic mass is 28.4. The predicted octanol–water partition coefficient (Wildman–Crippen LogP) is 5.49. The molecular weight excluding hydrogens is 316 g/mol. The molecule has 0 spiro atoms. The molecule has 0 aromatic carbocycles. The van der Waals surface area contributed by atoms with Crippen molar-refractivity contribution in [2.24, 2.45) is 5.92 Å². The Morgan fingerprint density at radius 3 is 1.75 bits per heavy atom. The van der Waals surface area contributed by atoms with Gasteiger partial charge in [-0.3, -0.25) is 4.79 Å². The van der Waals surface area contributed by atoms with Crippen LogP contribution < -0.4 is 0 Å². The zero-order chi connectivity index (χ0) is 19.2. The smallest absolute Gasteiger partial charge is 0.200 e. The first-order chi connectivity index (χ1) is 10.9. The summed E-state index contributed by atoms with van der Waals surface area (Å²) < 4.78 is 6.63. The van der Waals surface area contributed by atoms with E-state index in [1.165, 1.54) is 0 Å². The summed E-state index contributed by atoms with van der Waals surface area (Å²) in [7, 11) is -1.97. The summed E-state index contributed by atoms with van der Waals surface area (Å²) in [5.74, 6) is -0.309. The Hall–Kier alpha value is -0.453. The largest absolute Gasteiger partial charge is 0.413 e. The van der Waals surface area contributed by atoms with Gasteiger partial charge in [-0.2, -0.15) is 0 Å². The van der Waals surface area contributed by atoms with Gasteiger partial charge in [0.2, 0.25) is 8.32 Å². The van der Waals surface area contributed by atoms with Gasteiger partial charge < -0.3 is 9.53 Å². The van der Waals surface area contributed by atoms with Gasteiger partial charge in [0.25, 0.3) is 0 Å². The maximum Gasteiger partial charge on any atom is 0.200 e. The summed E-state index contributed by atoms with van der Waals surface area (Å²) in [5.41, 5.74) is 2.36. The standard InChI is InChI=1S/C20H40O3Si/c1-11-16(8)20(22)18(10)19(21)12-17(9)23-24(13(2)3,14(4)5)15(6)7/h11,13-15,17-18,20,22H,12H2,1-10H3/b16-11+/t17-,18+,20+/m0/s1. The lowest BCUT2D eigenvalue weighted by Crippen LogP contribution is -2.50. The van der Waals surface area contributed by atoms with Gasteiger partial charge in [-0.15, -0.1) is 0 Å². The number of aliphatic hydroxyl groups excluding tert-OH is 1. The van der Waals surface area contributed by atoms with E-state index in [4.69, 9.17) is 4.43 Å². The summed E-state index contributed by atoms with van der Waals surface area (Å²) in [4.78, 5) is 12.6. The van der Waals surface area contributed by atoms with Gasteiger partial charge in [0, 0.05) is 18.4 Å². The van der Waals surface area contributed by atoms with Crippen molar-refractivity contribution in [3.63, 3.8) is 0 Å². The summed E-state index contributed by atoms with van der Waals surface area (Å²) in [6, 6.07) is 0. The second-order valence-electron chi connectivity index (χ2n) is 8.18. The number of allylic oxidation sites excluding steroid dienone is 1. The first-order valence-electron chi connectivity index (χ1n) is 9.43. The lowest BCUT2D eigenvalue weighted by molar-refractivity contribution is -0.126. The molecule has 0 aliphatic carbocycles. The first-order valence-corrected chi connectivity index (χ1v) is 11.6. The predicted molar refractivity (Wildman–Crippen MR) is 106 cm³/mol. The molecule has 0 heterocycles. The Morgan fingerprint density at radius 1 is 1.00 bits per heavy atom. The van der Waals surface area contributed by atoms with E-state index < -0.39 is 14.4 Å². The maximum absolute atomic E-state index is 12.6. The molecule has 1 N–H and O–H groups in total. The lowest BCUT2D eigenvalue weighted by atomic mass is 9.92. The highest BCUT2D eigenvalue weighted by Crippen LogP contribution is 2.43. The van der Waals surface area contributed by atoms with Crippen molar-refractivity contribution in [2.75, 3.05) is 0 Å².